The van der Waals surface area contributed by atoms with Gasteiger partial charge in [-0.3, -0.25) is 14.5 Å². The molecule has 1 saturated heterocycles. The molecule has 1 aliphatic heterocycles. The number of hydrogen-bond donors (Lipinski definition) is 3. The zero-order valence-electron chi connectivity index (χ0n) is 10.8. The van der Waals surface area contributed by atoms with Gasteiger partial charge in [-0.05, 0) is 12.1 Å². The zero-order valence-corrected chi connectivity index (χ0v) is 10.8. The summed E-state index contributed by atoms with van der Waals surface area (Å²) in [5.41, 5.74) is 5.34. The fourth-order valence-electron chi connectivity index (χ4n) is 2.06. The van der Waals surface area contributed by atoms with Crippen LogP contribution in [-0.4, -0.2) is 34.0 Å². The number of nitrogens with one attached hydrogen (secondary N) is 1. The largest absolute Gasteiger partial charge is 0.481 e. The van der Waals surface area contributed by atoms with Crippen LogP contribution in [0.1, 0.15) is 18.4 Å². The highest BCUT2D eigenvalue weighted by atomic mass is 16.4. The summed E-state index contributed by atoms with van der Waals surface area (Å²) < 4.78 is 0. The Kier molecular flexibility index (Phi) is 3.99. The molecule has 1 unspecified atom stereocenters. The number of β-lactam (4-membered cyclic amide) rings is 1. The fraction of sp³-hybridized carbons (Fsp3) is 0.308. The summed E-state index contributed by atoms with van der Waals surface area (Å²) in [6.45, 7) is 0.652. The number of anilines is 1. The molecule has 0 radical (unpaired) electrons. The Balaban J connectivity index is 1.99. The molecule has 0 spiro atoms. The van der Waals surface area contributed by atoms with Crippen LogP contribution in [0.4, 0.5) is 10.5 Å². The van der Waals surface area contributed by atoms with E-state index in [1.165, 1.54) is 0 Å². The molecule has 106 valence electrons. The van der Waals surface area contributed by atoms with E-state index in [1.54, 1.807) is 12.1 Å². The molecular weight excluding hydrogens is 262 g/mol. The molecule has 20 heavy (non-hydrogen) atoms. The Morgan fingerprint density at radius 3 is 2.50 bits per heavy atom. The van der Waals surface area contributed by atoms with Crippen LogP contribution in [-0.2, 0) is 16.1 Å². The number of carbonyl (C=O) groups is 3. The van der Waals surface area contributed by atoms with E-state index in [0.717, 1.165) is 10.5 Å². The van der Waals surface area contributed by atoms with Gasteiger partial charge in [-0.2, -0.15) is 0 Å². The molecule has 7 nitrogen and oxygen atoms in total. The highest BCUT2D eigenvalue weighted by Crippen LogP contribution is 2.23. The molecule has 1 aliphatic rings. The summed E-state index contributed by atoms with van der Waals surface area (Å²) in [4.78, 5) is 35.0. The van der Waals surface area contributed by atoms with E-state index in [9.17, 15) is 14.4 Å². The van der Waals surface area contributed by atoms with Crippen LogP contribution in [0, 0.1) is 0 Å². The summed E-state index contributed by atoms with van der Waals surface area (Å²) in [5, 5.41) is 11.3. The van der Waals surface area contributed by atoms with E-state index in [2.05, 4.69) is 11.1 Å². The number of rotatable bonds is 4. The molecule has 1 fully saturated rings. The fourth-order valence-corrected chi connectivity index (χ4v) is 2.06. The number of benzene rings is 1. The third kappa shape index (κ3) is 2.94. The summed E-state index contributed by atoms with van der Waals surface area (Å²) in [6.07, 6.45) is -0.125. The Morgan fingerprint density at radius 2 is 2.00 bits per heavy atom. The van der Waals surface area contributed by atoms with Crippen molar-refractivity contribution in [2.45, 2.75) is 25.4 Å². The maximum atomic E-state index is 11.9. The first kappa shape index (κ1) is 14.0. The molecular formula is C13H16N3O4+. The Morgan fingerprint density at radius 1 is 1.35 bits per heavy atom. The van der Waals surface area contributed by atoms with Crippen molar-refractivity contribution < 1.29 is 25.2 Å². The maximum Gasteiger partial charge on any atom is 0.328 e. The lowest BCUT2D eigenvalue weighted by molar-refractivity contribution is -0.386. The number of carboxylic acids is 1. The van der Waals surface area contributed by atoms with Crippen molar-refractivity contribution in [3.05, 3.63) is 29.8 Å². The number of likely N-dealkylation sites (tertiary alicyclic amines) is 1. The van der Waals surface area contributed by atoms with Gasteiger partial charge in [-0.25, -0.2) is 4.79 Å². The smallest absolute Gasteiger partial charge is 0.328 e. The van der Waals surface area contributed by atoms with Crippen LogP contribution in [0.2, 0.25) is 0 Å². The summed E-state index contributed by atoms with van der Waals surface area (Å²) in [7, 11) is 0. The van der Waals surface area contributed by atoms with Crippen molar-refractivity contribution in [3.8, 4) is 0 Å². The topological polar surface area (TPSA) is 114 Å². The van der Waals surface area contributed by atoms with E-state index >= 15 is 0 Å². The molecule has 1 aromatic rings. The van der Waals surface area contributed by atoms with Crippen LogP contribution in [0.3, 0.4) is 0 Å². The average Bonchev–Trinajstić information content (AvgIpc) is 2.38. The van der Waals surface area contributed by atoms with E-state index in [4.69, 9.17) is 5.11 Å². The van der Waals surface area contributed by atoms with Gasteiger partial charge in [0.2, 0.25) is 5.91 Å². The Hall–Kier alpha value is -2.41. The van der Waals surface area contributed by atoms with Gasteiger partial charge in [0.1, 0.15) is 0 Å². The lowest BCUT2D eigenvalue weighted by Gasteiger charge is -2.37. The van der Waals surface area contributed by atoms with Crippen molar-refractivity contribution in [2.24, 2.45) is 0 Å². The summed E-state index contributed by atoms with van der Waals surface area (Å²) in [5.74, 6) is -1.39. The highest BCUT2D eigenvalue weighted by Gasteiger charge is 2.41. The van der Waals surface area contributed by atoms with Crippen LogP contribution >= 0.6 is 0 Å². The van der Waals surface area contributed by atoms with Gasteiger partial charge >= 0.3 is 12.0 Å². The lowest BCUT2D eigenvalue weighted by Crippen LogP contribution is -2.57. The van der Waals surface area contributed by atoms with E-state index in [1.807, 2.05) is 12.1 Å². The van der Waals surface area contributed by atoms with Gasteiger partial charge in [-0.15, -0.1) is 0 Å². The minimum Gasteiger partial charge on any atom is -0.481 e. The van der Waals surface area contributed by atoms with Gasteiger partial charge in [0.15, 0.2) is 0 Å². The summed E-state index contributed by atoms with van der Waals surface area (Å²) >= 11 is 0. The van der Waals surface area contributed by atoms with Crippen molar-refractivity contribution >= 4 is 23.6 Å². The zero-order chi connectivity index (χ0) is 14.7. The first-order chi connectivity index (χ1) is 9.51. The van der Waals surface area contributed by atoms with Crippen molar-refractivity contribution in [3.63, 3.8) is 0 Å². The second-order valence-corrected chi connectivity index (χ2v) is 4.60. The van der Waals surface area contributed by atoms with E-state index in [-0.39, 0.29) is 18.7 Å². The van der Waals surface area contributed by atoms with Gasteiger partial charge in [0.25, 0.3) is 0 Å². The number of urea groups is 1. The van der Waals surface area contributed by atoms with Crippen LogP contribution < -0.4 is 11.1 Å². The van der Waals surface area contributed by atoms with E-state index < -0.39 is 18.0 Å². The summed E-state index contributed by atoms with van der Waals surface area (Å²) in [6, 6.07) is 5.95. The van der Waals surface area contributed by atoms with Gasteiger partial charge < -0.3 is 16.2 Å². The molecule has 0 aromatic heterocycles. The molecule has 5 N–H and O–H groups in total. The van der Waals surface area contributed by atoms with Crippen LogP contribution in [0.5, 0.6) is 0 Å². The molecule has 1 aromatic carbocycles. The number of aliphatic carboxylic acids is 1. The van der Waals surface area contributed by atoms with Gasteiger partial charge in [0, 0.05) is 17.7 Å². The maximum absolute atomic E-state index is 11.9. The third-order valence-corrected chi connectivity index (χ3v) is 3.17. The second-order valence-electron chi connectivity index (χ2n) is 4.60. The normalized spacial score (nSPS) is 17.6. The van der Waals surface area contributed by atoms with Crippen molar-refractivity contribution in [1.29, 1.82) is 0 Å². The first-order valence-corrected chi connectivity index (χ1v) is 6.24. The SMILES string of the molecule is [NH3+]Cc1ccc(NC(=O)N2C(=O)CC2CC(=O)O)cc1. The standard InChI is InChI=1S/C13H15N3O4/c14-7-8-1-3-9(4-2-8)15-13(20)16-10(5-11(16)17)6-12(18)19/h1-4,10H,5-7,14H2,(H,15,20)(H,18,19)/p+1. The molecule has 0 saturated carbocycles. The molecule has 7 heteroatoms. The monoisotopic (exact) mass is 278 g/mol. The second kappa shape index (κ2) is 5.70. The van der Waals surface area contributed by atoms with Crippen LogP contribution in [0.15, 0.2) is 24.3 Å². The number of imide groups is 1. The van der Waals surface area contributed by atoms with Gasteiger partial charge in [-0.1, -0.05) is 12.1 Å². The minimum atomic E-state index is -1.03. The molecule has 1 heterocycles. The highest BCUT2D eigenvalue weighted by molar-refractivity contribution is 6.05. The third-order valence-electron chi connectivity index (χ3n) is 3.17. The molecule has 3 amide bonds. The predicted octanol–water partition coefficient (Wildman–Crippen LogP) is 0.0360. The average molecular weight is 278 g/mol. The molecule has 1 atom stereocenters. The number of amides is 3. The minimum absolute atomic E-state index is 0.0974. The Labute approximate surface area is 115 Å². The number of hydrogen-bond acceptors (Lipinski definition) is 3. The molecule has 2 rings (SSSR count). The first-order valence-electron chi connectivity index (χ1n) is 6.24. The predicted molar refractivity (Wildman–Crippen MR) is 69.6 cm³/mol. The quantitative estimate of drug-likeness (QED) is 0.674. The van der Waals surface area contributed by atoms with Crippen molar-refractivity contribution in [2.75, 3.05) is 5.32 Å². The van der Waals surface area contributed by atoms with Crippen LogP contribution in [0.25, 0.3) is 0 Å². The molecule has 0 bridgehead atoms. The Bertz CT molecular complexity index is 541. The lowest BCUT2D eigenvalue weighted by atomic mass is 9.99. The number of nitrogens with zero attached hydrogens (tertiary/aromatic N) is 1. The number of quaternary nitrogens is 1. The number of carboxylic acid groups (broad SMARTS) is 1. The van der Waals surface area contributed by atoms with Gasteiger partial charge in [0.05, 0.1) is 19.0 Å². The number of carbonyl (C=O) groups excluding carboxylic acids is 2. The van der Waals surface area contributed by atoms with Crippen molar-refractivity contribution in [1.82, 2.24) is 4.90 Å². The molecule has 0 aliphatic carbocycles. The van der Waals surface area contributed by atoms with E-state index in [0.29, 0.717) is 12.2 Å².